The third-order valence-corrected chi connectivity index (χ3v) is 4.01. The van der Waals surface area contributed by atoms with Gasteiger partial charge in [0.2, 0.25) is 5.91 Å². The number of hydrogen-bond acceptors (Lipinski definition) is 3. The Hall–Kier alpha value is -2.96. The first-order valence-electron chi connectivity index (χ1n) is 8.48. The summed E-state index contributed by atoms with van der Waals surface area (Å²) in [7, 11) is 1.65. The van der Waals surface area contributed by atoms with Crippen LogP contribution in [-0.2, 0) is 11.3 Å². The van der Waals surface area contributed by atoms with Crippen LogP contribution >= 0.6 is 0 Å². The molecule has 0 heterocycles. The third kappa shape index (κ3) is 6.36. The van der Waals surface area contributed by atoms with Crippen LogP contribution in [0, 0.1) is 6.92 Å². The van der Waals surface area contributed by atoms with E-state index in [-0.39, 0.29) is 30.5 Å². The number of rotatable bonds is 8. The number of amides is 2. The fourth-order valence-corrected chi connectivity index (χ4v) is 2.54. The lowest BCUT2D eigenvalue weighted by molar-refractivity contribution is -0.130. The van der Waals surface area contributed by atoms with Gasteiger partial charge in [-0.05, 0) is 36.2 Å². The Morgan fingerprint density at radius 1 is 1.11 bits per heavy atom. The van der Waals surface area contributed by atoms with Gasteiger partial charge in [0.25, 0.3) is 5.91 Å². The monoisotopic (exact) mass is 376 g/mol. The standard InChI is InChI=1S/C20H22F2N2O3/c1-14-5-3-4-6-17(14)19(26)23-12-11-18(25)24(2)13-15-7-9-16(10-8-15)27-20(21)22/h3-10,20H,11-13H2,1-2H3,(H,23,26). The summed E-state index contributed by atoms with van der Waals surface area (Å²) in [6, 6.07) is 13.4. The van der Waals surface area contributed by atoms with Crippen LogP contribution in [0.4, 0.5) is 8.78 Å². The molecule has 0 saturated carbocycles. The molecule has 144 valence electrons. The molecule has 0 aliphatic carbocycles. The average Bonchev–Trinajstić information content (AvgIpc) is 2.63. The van der Waals surface area contributed by atoms with E-state index in [4.69, 9.17) is 0 Å². The largest absolute Gasteiger partial charge is 0.435 e. The summed E-state index contributed by atoms with van der Waals surface area (Å²) in [5.74, 6) is -0.271. The lowest BCUT2D eigenvalue weighted by Gasteiger charge is -2.18. The van der Waals surface area contributed by atoms with Gasteiger partial charge in [-0.1, -0.05) is 30.3 Å². The van der Waals surface area contributed by atoms with E-state index in [0.29, 0.717) is 12.1 Å². The molecule has 0 fully saturated rings. The first-order valence-corrected chi connectivity index (χ1v) is 8.48. The molecular formula is C20H22F2N2O3. The van der Waals surface area contributed by atoms with E-state index < -0.39 is 6.61 Å². The number of benzene rings is 2. The van der Waals surface area contributed by atoms with Gasteiger partial charge < -0.3 is 15.0 Å². The Bertz CT molecular complexity index is 779. The Morgan fingerprint density at radius 3 is 2.41 bits per heavy atom. The van der Waals surface area contributed by atoms with Gasteiger partial charge in [0.1, 0.15) is 5.75 Å². The highest BCUT2D eigenvalue weighted by Gasteiger charge is 2.12. The van der Waals surface area contributed by atoms with Gasteiger partial charge in [-0.3, -0.25) is 9.59 Å². The van der Waals surface area contributed by atoms with Crippen LogP contribution in [0.15, 0.2) is 48.5 Å². The van der Waals surface area contributed by atoms with Gasteiger partial charge in [-0.15, -0.1) is 0 Å². The maximum Gasteiger partial charge on any atom is 0.387 e. The molecule has 0 radical (unpaired) electrons. The molecule has 2 aromatic rings. The van der Waals surface area contributed by atoms with E-state index >= 15 is 0 Å². The van der Waals surface area contributed by atoms with Crippen molar-refractivity contribution in [3.8, 4) is 5.75 Å². The van der Waals surface area contributed by atoms with E-state index in [1.807, 2.05) is 19.1 Å². The van der Waals surface area contributed by atoms with Crippen molar-refractivity contribution in [3.05, 3.63) is 65.2 Å². The lowest BCUT2D eigenvalue weighted by Crippen LogP contribution is -2.32. The molecule has 2 aromatic carbocycles. The Morgan fingerprint density at radius 2 is 1.78 bits per heavy atom. The van der Waals surface area contributed by atoms with Crippen molar-refractivity contribution in [1.29, 1.82) is 0 Å². The minimum Gasteiger partial charge on any atom is -0.435 e. The van der Waals surface area contributed by atoms with Crippen molar-refractivity contribution >= 4 is 11.8 Å². The highest BCUT2D eigenvalue weighted by atomic mass is 19.3. The second-order valence-corrected chi connectivity index (χ2v) is 6.09. The molecule has 0 spiro atoms. The second kappa shape index (κ2) is 9.66. The summed E-state index contributed by atoms with van der Waals surface area (Å²) in [4.78, 5) is 25.8. The summed E-state index contributed by atoms with van der Waals surface area (Å²) >= 11 is 0. The summed E-state index contributed by atoms with van der Waals surface area (Å²) in [6.07, 6.45) is 0.167. The molecule has 5 nitrogen and oxygen atoms in total. The van der Waals surface area contributed by atoms with Gasteiger partial charge in [0.15, 0.2) is 0 Å². The van der Waals surface area contributed by atoms with Crippen LogP contribution in [0.1, 0.15) is 27.9 Å². The van der Waals surface area contributed by atoms with Crippen LogP contribution in [-0.4, -0.2) is 36.9 Å². The van der Waals surface area contributed by atoms with Crippen molar-refractivity contribution in [1.82, 2.24) is 10.2 Å². The molecule has 7 heteroatoms. The minimum atomic E-state index is -2.87. The SMILES string of the molecule is Cc1ccccc1C(=O)NCCC(=O)N(C)Cc1ccc(OC(F)F)cc1. The number of carbonyl (C=O) groups is 2. The molecule has 2 rings (SSSR count). The number of hydrogen-bond donors (Lipinski definition) is 1. The topological polar surface area (TPSA) is 58.6 Å². The van der Waals surface area contributed by atoms with Gasteiger partial charge >= 0.3 is 6.61 Å². The highest BCUT2D eigenvalue weighted by Crippen LogP contribution is 2.16. The first-order chi connectivity index (χ1) is 12.9. The zero-order valence-electron chi connectivity index (χ0n) is 15.2. The molecule has 0 bridgehead atoms. The van der Waals surface area contributed by atoms with E-state index in [9.17, 15) is 18.4 Å². The van der Waals surface area contributed by atoms with E-state index in [2.05, 4.69) is 10.1 Å². The van der Waals surface area contributed by atoms with Crippen molar-refractivity contribution in [2.75, 3.05) is 13.6 Å². The number of halogens is 2. The molecule has 0 aliphatic rings. The van der Waals surface area contributed by atoms with Gasteiger partial charge in [-0.2, -0.15) is 8.78 Å². The minimum absolute atomic E-state index is 0.0710. The van der Waals surface area contributed by atoms with E-state index in [0.717, 1.165) is 11.1 Å². The number of ether oxygens (including phenoxy) is 1. The van der Waals surface area contributed by atoms with Gasteiger partial charge in [-0.25, -0.2) is 0 Å². The van der Waals surface area contributed by atoms with Crippen molar-refractivity contribution in [3.63, 3.8) is 0 Å². The first kappa shape index (κ1) is 20.4. The third-order valence-electron chi connectivity index (χ3n) is 4.01. The van der Waals surface area contributed by atoms with Crippen LogP contribution in [0.2, 0.25) is 0 Å². The number of aryl methyl sites for hydroxylation is 1. The zero-order valence-corrected chi connectivity index (χ0v) is 15.2. The normalized spacial score (nSPS) is 10.6. The fraction of sp³-hybridized carbons (Fsp3) is 0.300. The Balaban J connectivity index is 1.78. The van der Waals surface area contributed by atoms with Gasteiger partial charge in [0, 0.05) is 32.1 Å². The van der Waals surface area contributed by atoms with Crippen LogP contribution in [0.25, 0.3) is 0 Å². The molecule has 0 saturated heterocycles. The number of nitrogens with zero attached hydrogens (tertiary/aromatic N) is 1. The summed E-state index contributed by atoms with van der Waals surface area (Å²) in [6.45, 7) is -0.447. The molecule has 0 aliphatic heterocycles. The van der Waals surface area contributed by atoms with Crippen molar-refractivity contribution in [2.24, 2.45) is 0 Å². The predicted octanol–water partition coefficient (Wildman–Crippen LogP) is 3.37. The molecule has 27 heavy (non-hydrogen) atoms. The second-order valence-electron chi connectivity index (χ2n) is 6.09. The maximum atomic E-state index is 12.2. The molecule has 1 N–H and O–H groups in total. The maximum absolute atomic E-state index is 12.2. The summed E-state index contributed by atoms with van der Waals surface area (Å²) in [5, 5.41) is 2.74. The van der Waals surface area contributed by atoms with Crippen LogP contribution in [0.5, 0.6) is 5.75 Å². The number of carbonyl (C=O) groups excluding carboxylic acids is 2. The smallest absolute Gasteiger partial charge is 0.387 e. The fourth-order valence-electron chi connectivity index (χ4n) is 2.54. The Kier molecular flexibility index (Phi) is 7.28. The average molecular weight is 376 g/mol. The van der Waals surface area contributed by atoms with Crippen molar-refractivity contribution in [2.45, 2.75) is 26.5 Å². The summed E-state index contributed by atoms with van der Waals surface area (Å²) in [5.41, 5.74) is 2.25. The molecule has 0 aromatic heterocycles. The molecular weight excluding hydrogens is 354 g/mol. The van der Waals surface area contributed by atoms with Gasteiger partial charge in [0.05, 0.1) is 0 Å². The van der Waals surface area contributed by atoms with Crippen LogP contribution < -0.4 is 10.1 Å². The number of nitrogens with one attached hydrogen (secondary N) is 1. The highest BCUT2D eigenvalue weighted by molar-refractivity contribution is 5.95. The predicted molar refractivity (Wildman–Crippen MR) is 97.7 cm³/mol. The van der Waals surface area contributed by atoms with Crippen molar-refractivity contribution < 1.29 is 23.1 Å². The number of alkyl halides is 2. The quantitative estimate of drug-likeness (QED) is 0.768. The van der Waals surface area contributed by atoms with E-state index in [1.165, 1.54) is 17.0 Å². The van der Waals surface area contributed by atoms with Crippen LogP contribution in [0.3, 0.4) is 0 Å². The lowest BCUT2D eigenvalue weighted by atomic mass is 10.1. The summed E-state index contributed by atoms with van der Waals surface area (Å²) < 4.78 is 28.6. The molecule has 2 amide bonds. The Labute approximate surface area is 156 Å². The van der Waals surface area contributed by atoms with E-state index in [1.54, 1.807) is 31.3 Å². The zero-order chi connectivity index (χ0) is 19.8. The molecule has 0 unspecified atom stereocenters. The molecule has 0 atom stereocenters.